The van der Waals surface area contributed by atoms with Crippen LogP contribution in [0.1, 0.15) is 47.1 Å². The molecule has 0 saturated heterocycles. The van der Waals surface area contributed by atoms with Crippen LogP contribution in [-0.2, 0) is 16.8 Å². The number of benzene rings is 2. The van der Waals surface area contributed by atoms with Crippen LogP contribution < -0.4 is 9.62 Å². The first-order valence-electron chi connectivity index (χ1n) is 9.70. The van der Waals surface area contributed by atoms with Gasteiger partial charge in [-0.1, -0.05) is 44.5 Å². The predicted octanol–water partition coefficient (Wildman–Crippen LogP) is 5.11. The highest BCUT2D eigenvalue weighted by Crippen LogP contribution is 2.37. The van der Waals surface area contributed by atoms with Gasteiger partial charge in [0.25, 0.3) is 11.8 Å². The largest absolute Gasteiger partial charge is 0.588 e. The smallest absolute Gasteiger partial charge is 0.268 e. The lowest BCUT2D eigenvalue weighted by atomic mass is 9.87. The van der Waals surface area contributed by atoms with Crippen molar-refractivity contribution in [2.45, 2.75) is 31.1 Å². The third-order valence-electron chi connectivity index (χ3n) is 5.10. The molecule has 0 bridgehead atoms. The van der Waals surface area contributed by atoms with Gasteiger partial charge in [-0.3, -0.25) is 9.59 Å². The van der Waals surface area contributed by atoms with Gasteiger partial charge in [-0.2, -0.15) is 4.39 Å². The van der Waals surface area contributed by atoms with Gasteiger partial charge in [0.05, 0.1) is 33.7 Å². The van der Waals surface area contributed by atoms with E-state index in [9.17, 15) is 18.5 Å². The highest BCUT2D eigenvalue weighted by molar-refractivity contribution is 7.92. The second-order valence-electron chi connectivity index (χ2n) is 8.27. The molecule has 1 unspecified atom stereocenters. The third-order valence-corrected chi connectivity index (χ3v) is 6.52. The van der Waals surface area contributed by atoms with Gasteiger partial charge in [-0.15, -0.1) is 0 Å². The van der Waals surface area contributed by atoms with E-state index in [-0.39, 0.29) is 32.9 Å². The van der Waals surface area contributed by atoms with Crippen molar-refractivity contribution in [2.75, 3.05) is 9.62 Å². The van der Waals surface area contributed by atoms with Gasteiger partial charge in [-0.25, -0.2) is 14.6 Å². The number of carbonyl (C=O) groups is 2. The number of amides is 2. The fourth-order valence-electron chi connectivity index (χ4n) is 3.38. The molecule has 1 aliphatic heterocycles. The summed E-state index contributed by atoms with van der Waals surface area (Å²) >= 11 is 4.52. The number of nitrogens with zero attached hydrogens (tertiary/aromatic N) is 2. The Kier molecular flexibility index (Phi) is 5.70. The van der Waals surface area contributed by atoms with Crippen molar-refractivity contribution in [3.05, 3.63) is 82.4 Å². The summed E-state index contributed by atoms with van der Waals surface area (Å²) in [6.07, 6.45) is 1.09. The maximum atomic E-state index is 13.2. The molecule has 0 radical (unpaired) electrons. The predicted molar refractivity (Wildman–Crippen MR) is 122 cm³/mol. The van der Waals surface area contributed by atoms with Crippen molar-refractivity contribution in [3.63, 3.8) is 0 Å². The van der Waals surface area contributed by atoms with E-state index in [1.54, 1.807) is 12.1 Å². The van der Waals surface area contributed by atoms with Crippen molar-refractivity contribution in [3.8, 4) is 0 Å². The monoisotopic (exact) mass is 471 g/mol. The van der Waals surface area contributed by atoms with E-state index >= 15 is 0 Å². The van der Waals surface area contributed by atoms with Crippen LogP contribution in [0.15, 0.2) is 59.6 Å². The zero-order valence-electron chi connectivity index (χ0n) is 17.5. The molecular weight excluding hydrogens is 453 g/mol. The molecule has 2 aromatic carbocycles. The standard InChI is InChI=1S/C23H19ClFN3O3S/c1-23(2,3)13-4-7-15(8-5-13)32(31)27-17-10-9-16(24)19-20(17)22(30)28(21(19)29)14-6-11-18(25)26-12-14/h4-12,27H,1-3H3. The van der Waals surface area contributed by atoms with Crippen LogP contribution in [0.4, 0.5) is 15.8 Å². The molecule has 1 aromatic heterocycles. The Bertz CT molecular complexity index is 1210. The van der Waals surface area contributed by atoms with Gasteiger partial charge in [0.1, 0.15) is 11.4 Å². The van der Waals surface area contributed by atoms with E-state index in [0.29, 0.717) is 4.90 Å². The summed E-state index contributed by atoms with van der Waals surface area (Å²) in [5.41, 5.74) is 1.36. The highest BCUT2D eigenvalue weighted by atomic mass is 35.5. The minimum Gasteiger partial charge on any atom is -0.588 e. The van der Waals surface area contributed by atoms with Crippen LogP contribution in [0.2, 0.25) is 5.02 Å². The molecular formula is C23H19ClFN3O3S. The van der Waals surface area contributed by atoms with Crippen LogP contribution in [-0.4, -0.2) is 21.4 Å². The van der Waals surface area contributed by atoms with Crippen molar-refractivity contribution >= 4 is 46.2 Å². The number of aromatic nitrogens is 1. The van der Waals surface area contributed by atoms with Crippen LogP contribution in [0.3, 0.4) is 0 Å². The Hall–Kier alpha value is -2.94. The lowest BCUT2D eigenvalue weighted by molar-refractivity contribution is 0.0926. The van der Waals surface area contributed by atoms with Crippen molar-refractivity contribution < 1.29 is 18.5 Å². The number of carbonyl (C=O) groups excluding carboxylic acids is 2. The molecule has 4 rings (SSSR count). The quantitative estimate of drug-likeness (QED) is 0.325. The first-order valence-corrected chi connectivity index (χ1v) is 11.2. The van der Waals surface area contributed by atoms with Crippen LogP contribution in [0, 0.1) is 5.95 Å². The van der Waals surface area contributed by atoms with Crippen LogP contribution in [0.25, 0.3) is 0 Å². The molecule has 1 aliphatic rings. The molecule has 1 N–H and O–H groups in total. The normalized spacial score (nSPS) is 14.5. The number of pyridine rings is 1. The number of imide groups is 1. The van der Waals surface area contributed by atoms with Gasteiger partial charge in [0.15, 0.2) is 4.90 Å². The Labute approximate surface area is 192 Å². The number of anilines is 2. The number of halogens is 2. The van der Waals surface area contributed by atoms with Gasteiger partial charge in [-0.05, 0) is 47.4 Å². The first kappa shape index (κ1) is 22.3. The fraction of sp³-hybridized carbons (Fsp3) is 0.174. The molecule has 0 fully saturated rings. The molecule has 3 aromatic rings. The summed E-state index contributed by atoms with van der Waals surface area (Å²) in [4.78, 5) is 31.0. The van der Waals surface area contributed by atoms with Crippen molar-refractivity contribution in [2.24, 2.45) is 0 Å². The Morgan fingerprint density at radius 1 is 1.00 bits per heavy atom. The Morgan fingerprint density at radius 2 is 1.66 bits per heavy atom. The summed E-state index contributed by atoms with van der Waals surface area (Å²) in [6, 6.07) is 12.6. The summed E-state index contributed by atoms with van der Waals surface area (Å²) < 4.78 is 28.9. The van der Waals surface area contributed by atoms with Gasteiger partial charge in [0, 0.05) is 0 Å². The van der Waals surface area contributed by atoms with Crippen molar-refractivity contribution in [1.29, 1.82) is 0 Å². The summed E-state index contributed by atoms with van der Waals surface area (Å²) in [5.74, 6) is -2.06. The molecule has 164 valence electrons. The molecule has 0 aliphatic carbocycles. The number of fused-ring (bicyclic) bond motifs is 1. The van der Waals surface area contributed by atoms with Crippen LogP contribution in [0.5, 0.6) is 0 Å². The molecule has 32 heavy (non-hydrogen) atoms. The van der Waals surface area contributed by atoms with E-state index in [2.05, 4.69) is 30.5 Å². The number of rotatable bonds is 4. The van der Waals surface area contributed by atoms with Gasteiger partial charge in [0.2, 0.25) is 5.95 Å². The second kappa shape index (κ2) is 8.20. The average Bonchev–Trinajstić information content (AvgIpc) is 3.01. The zero-order chi connectivity index (χ0) is 23.2. The summed E-state index contributed by atoms with van der Waals surface area (Å²) in [6.45, 7) is 6.25. The number of nitrogens with one attached hydrogen (secondary N) is 1. The third kappa shape index (κ3) is 3.97. The molecule has 1 atom stereocenters. The lowest BCUT2D eigenvalue weighted by Crippen LogP contribution is -2.29. The lowest BCUT2D eigenvalue weighted by Gasteiger charge is -2.19. The molecule has 9 heteroatoms. The number of hydrogen-bond donors (Lipinski definition) is 1. The Morgan fingerprint density at radius 3 is 2.25 bits per heavy atom. The highest BCUT2D eigenvalue weighted by Gasteiger charge is 2.41. The van der Waals surface area contributed by atoms with E-state index < -0.39 is 29.1 Å². The minimum atomic E-state index is -1.69. The molecule has 6 nitrogen and oxygen atoms in total. The summed E-state index contributed by atoms with van der Waals surface area (Å²) in [7, 11) is 0. The minimum absolute atomic E-state index is 0.00601. The van der Waals surface area contributed by atoms with E-state index in [1.165, 1.54) is 18.2 Å². The maximum absolute atomic E-state index is 13.2. The van der Waals surface area contributed by atoms with E-state index in [1.807, 2.05) is 12.1 Å². The molecule has 2 heterocycles. The molecule has 2 amide bonds. The SMILES string of the molecule is CC(C)(C)c1ccc([S+]([O-])Nc2ccc(Cl)c3c2C(=O)N(c2ccc(F)nc2)C3=O)cc1. The first-order chi connectivity index (χ1) is 15.1. The van der Waals surface area contributed by atoms with Crippen LogP contribution >= 0.6 is 11.6 Å². The van der Waals surface area contributed by atoms with Crippen molar-refractivity contribution in [1.82, 2.24) is 4.98 Å². The number of hydrogen-bond acceptors (Lipinski definition) is 5. The van der Waals surface area contributed by atoms with Gasteiger partial charge < -0.3 is 4.55 Å². The molecule has 0 spiro atoms. The maximum Gasteiger partial charge on any atom is 0.268 e. The second-order valence-corrected chi connectivity index (χ2v) is 9.90. The van der Waals surface area contributed by atoms with Gasteiger partial charge >= 0.3 is 0 Å². The zero-order valence-corrected chi connectivity index (χ0v) is 19.1. The topological polar surface area (TPSA) is 85.4 Å². The van der Waals surface area contributed by atoms with E-state index in [4.69, 9.17) is 11.6 Å². The fourth-order valence-corrected chi connectivity index (χ4v) is 4.49. The van der Waals surface area contributed by atoms with E-state index in [0.717, 1.165) is 22.7 Å². The molecule has 0 saturated carbocycles. The Balaban J connectivity index is 1.67. The summed E-state index contributed by atoms with van der Waals surface area (Å²) in [5, 5.41) is 0.0850. The average molecular weight is 472 g/mol.